The van der Waals surface area contributed by atoms with Crippen molar-refractivity contribution in [3.8, 4) is 0 Å². The van der Waals surface area contributed by atoms with Gasteiger partial charge in [0, 0.05) is 13.1 Å². The average molecular weight is 167 g/mol. The molecule has 1 saturated heterocycles. The largest absolute Gasteiger partial charge is 0.339 e. The van der Waals surface area contributed by atoms with Crippen molar-refractivity contribution in [2.75, 3.05) is 13.1 Å². The van der Waals surface area contributed by atoms with E-state index in [9.17, 15) is 4.79 Å². The van der Waals surface area contributed by atoms with E-state index in [1.54, 1.807) is 0 Å². The van der Waals surface area contributed by atoms with E-state index in [0.717, 1.165) is 19.0 Å². The molecule has 2 nitrogen and oxygen atoms in total. The minimum absolute atomic E-state index is 0.0913. The van der Waals surface area contributed by atoms with Crippen LogP contribution in [0.1, 0.15) is 26.2 Å². The third-order valence-electron chi connectivity index (χ3n) is 2.47. The van der Waals surface area contributed by atoms with Gasteiger partial charge in [0.2, 0.25) is 5.91 Å². The Hall–Kier alpha value is -0.790. The number of carbonyl (C=O) groups is 1. The maximum absolute atomic E-state index is 11.2. The molecule has 0 radical (unpaired) electrons. The molecule has 12 heavy (non-hydrogen) atoms. The molecule has 0 aromatic heterocycles. The molecule has 1 rings (SSSR count). The molecule has 0 spiro atoms. The van der Waals surface area contributed by atoms with Gasteiger partial charge < -0.3 is 4.90 Å². The minimum Gasteiger partial charge on any atom is -0.339 e. The molecule has 1 fully saturated rings. The monoisotopic (exact) mass is 167 g/mol. The van der Waals surface area contributed by atoms with Crippen LogP contribution in [-0.4, -0.2) is 23.9 Å². The van der Waals surface area contributed by atoms with Crippen LogP contribution in [0.4, 0.5) is 0 Å². The van der Waals surface area contributed by atoms with Gasteiger partial charge in [0.25, 0.3) is 0 Å². The summed E-state index contributed by atoms with van der Waals surface area (Å²) in [6, 6.07) is 0. The van der Waals surface area contributed by atoms with Crippen LogP contribution in [0.15, 0.2) is 12.7 Å². The van der Waals surface area contributed by atoms with Crippen LogP contribution in [0.3, 0.4) is 0 Å². The van der Waals surface area contributed by atoms with Crippen LogP contribution in [0.2, 0.25) is 0 Å². The second-order valence-electron chi connectivity index (χ2n) is 3.43. The first-order chi connectivity index (χ1) is 5.77. The Bertz CT molecular complexity index is 177. The van der Waals surface area contributed by atoms with Gasteiger partial charge in [-0.05, 0) is 24.8 Å². The second kappa shape index (κ2) is 4.29. The maximum Gasteiger partial charge on any atom is 0.245 e. The summed E-state index contributed by atoms with van der Waals surface area (Å²) >= 11 is 0. The Balaban J connectivity index is 2.34. The molecule has 1 amide bonds. The molecular formula is C10H17NO. The average Bonchev–Trinajstić information content (AvgIpc) is 2.52. The quantitative estimate of drug-likeness (QED) is 0.587. The summed E-state index contributed by atoms with van der Waals surface area (Å²) in [5.74, 6) is 0.826. The van der Waals surface area contributed by atoms with Gasteiger partial charge in [-0.15, -0.1) is 0 Å². The molecule has 1 atom stereocenters. The van der Waals surface area contributed by atoms with Crippen molar-refractivity contribution in [2.45, 2.75) is 26.2 Å². The van der Waals surface area contributed by atoms with Gasteiger partial charge in [-0.1, -0.05) is 19.9 Å². The van der Waals surface area contributed by atoms with Gasteiger partial charge in [-0.25, -0.2) is 0 Å². The Kier molecular flexibility index (Phi) is 3.32. The third kappa shape index (κ3) is 2.10. The summed E-state index contributed by atoms with van der Waals surface area (Å²) in [5.41, 5.74) is 0. The summed E-state index contributed by atoms with van der Waals surface area (Å²) in [5, 5.41) is 0. The molecule has 0 saturated carbocycles. The lowest BCUT2D eigenvalue weighted by atomic mass is 10.0. The maximum atomic E-state index is 11.2. The van der Waals surface area contributed by atoms with Crippen LogP contribution < -0.4 is 0 Å². The van der Waals surface area contributed by atoms with Gasteiger partial charge in [-0.2, -0.15) is 0 Å². The molecule has 1 aliphatic heterocycles. The van der Waals surface area contributed by atoms with E-state index in [0.29, 0.717) is 0 Å². The predicted molar refractivity (Wildman–Crippen MR) is 49.8 cm³/mol. The summed E-state index contributed by atoms with van der Waals surface area (Å²) < 4.78 is 0. The van der Waals surface area contributed by atoms with Gasteiger partial charge >= 0.3 is 0 Å². The van der Waals surface area contributed by atoms with Crippen molar-refractivity contribution >= 4 is 5.91 Å². The van der Waals surface area contributed by atoms with E-state index >= 15 is 0 Å². The van der Waals surface area contributed by atoms with Crippen LogP contribution in [0, 0.1) is 5.92 Å². The molecule has 1 unspecified atom stereocenters. The summed E-state index contributed by atoms with van der Waals surface area (Å²) in [6.45, 7) is 7.55. The Morgan fingerprint density at radius 3 is 3.08 bits per heavy atom. The number of hydrogen-bond acceptors (Lipinski definition) is 1. The Morgan fingerprint density at radius 1 is 1.75 bits per heavy atom. The molecule has 68 valence electrons. The summed E-state index contributed by atoms with van der Waals surface area (Å²) in [4.78, 5) is 13.1. The number of hydrogen-bond donors (Lipinski definition) is 0. The molecule has 0 bridgehead atoms. The molecule has 0 aromatic carbocycles. The predicted octanol–water partition coefficient (Wildman–Crippen LogP) is 1.82. The number of carbonyl (C=O) groups excluding carboxylic acids is 1. The van der Waals surface area contributed by atoms with Gasteiger partial charge in [0.05, 0.1) is 0 Å². The third-order valence-corrected chi connectivity index (χ3v) is 2.47. The van der Waals surface area contributed by atoms with E-state index in [1.165, 1.54) is 25.3 Å². The van der Waals surface area contributed by atoms with E-state index in [2.05, 4.69) is 13.5 Å². The number of amides is 1. The molecule has 2 heteroatoms. The highest BCUT2D eigenvalue weighted by Gasteiger charge is 2.23. The summed E-state index contributed by atoms with van der Waals surface area (Å²) in [7, 11) is 0. The zero-order valence-electron chi connectivity index (χ0n) is 7.75. The molecule has 1 aliphatic rings. The minimum atomic E-state index is 0.0913. The van der Waals surface area contributed by atoms with Crippen LogP contribution >= 0.6 is 0 Å². The molecular weight excluding hydrogens is 150 g/mol. The highest BCUT2D eigenvalue weighted by Crippen LogP contribution is 2.20. The van der Waals surface area contributed by atoms with Crippen molar-refractivity contribution in [3.63, 3.8) is 0 Å². The Morgan fingerprint density at radius 2 is 2.50 bits per heavy atom. The normalized spacial score (nSPS) is 22.8. The topological polar surface area (TPSA) is 20.3 Å². The molecule has 0 aliphatic carbocycles. The lowest BCUT2D eigenvalue weighted by Gasteiger charge is -2.13. The highest BCUT2D eigenvalue weighted by atomic mass is 16.2. The van der Waals surface area contributed by atoms with Gasteiger partial charge in [-0.3, -0.25) is 4.79 Å². The van der Waals surface area contributed by atoms with Gasteiger partial charge in [0.15, 0.2) is 0 Å². The zero-order chi connectivity index (χ0) is 8.97. The fraction of sp³-hybridized carbons (Fsp3) is 0.700. The molecule has 1 heterocycles. The number of nitrogens with zero attached hydrogens (tertiary/aromatic N) is 1. The highest BCUT2D eigenvalue weighted by molar-refractivity contribution is 5.87. The van der Waals surface area contributed by atoms with E-state index in [1.807, 2.05) is 4.90 Å². The van der Waals surface area contributed by atoms with Gasteiger partial charge in [0.1, 0.15) is 0 Å². The smallest absolute Gasteiger partial charge is 0.245 e. The van der Waals surface area contributed by atoms with E-state index in [-0.39, 0.29) is 5.91 Å². The second-order valence-corrected chi connectivity index (χ2v) is 3.43. The fourth-order valence-electron chi connectivity index (χ4n) is 1.81. The molecule has 0 aromatic rings. The lowest BCUT2D eigenvalue weighted by molar-refractivity contribution is -0.125. The lowest BCUT2D eigenvalue weighted by Crippen LogP contribution is -2.26. The van der Waals surface area contributed by atoms with Crippen LogP contribution in [0.5, 0.6) is 0 Å². The number of likely N-dealkylation sites (tertiary alicyclic amines) is 1. The van der Waals surface area contributed by atoms with Crippen molar-refractivity contribution in [2.24, 2.45) is 5.92 Å². The summed E-state index contributed by atoms with van der Waals surface area (Å²) in [6.07, 6.45) is 5.06. The van der Waals surface area contributed by atoms with Crippen molar-refractivity contribution < 1.29 is 4.79 Å². The van der Waals surface area contributed by atoms with E-state index < -0.39 is 0 Å². The van der Waals surface area contributed by atoms with Crippen LogP contribution in [0.25, 0.3) is 0 Å². The number of rotatable bonds is 3. The van der Waals surface area contributed by atoms with Crippen molar-refractivity contribution in [1.82, 2.24) is 4.90 Å². The van der Waals surface area contributed by atoms with Crippen molar-refractivity contribution in [1.29, 1.82) is 0 Å². The SMILES string of the molecule is C=CC(=O)N1CCC(CCC)C1. The van der Waals surface area contributed by atoms with Crippen molar-refractivity contribution in [3.05, 3.63) is 12.7 Å². The Labute approximate surface area is 74.2 Å². The fourth-order valence-corrected chi connectivity index (χ4v) is 1.81. The first kappa shape index (κ1) is 9.30. The zero-order valence-corrected chi connectivity index (χ0v) is 7.75. The standard InChI is InChI=1S/C10H17NO/c1-3-5-9-6-7-11(8-9)10(12)4-2/h4,9H,2-3,5-8H2,1H3. The first-order valence-corrected chi connectivity index (χ1v) is 4.69. The van der Waals surface area contributed by atoms with E-state index in [4.69, 9.17) is 0 Å². The first-order valence-electron chi connectivity index (χ1n) is 4.69. The molecule has 0 N–H and O–H groups in total. The van der Waals surface area contributed by atoms with Crippen LogP contribution in [-0.2, 0) is 4.79 Å².